The monoisotopic (exact) mass is 450 g/mol. The fraction of sp³-hybridized carbons (Fsp3) is 0.654. The average Bonchev–Trinajstić information content (AvgIpc) is 3.72. The number of carbonyl (C=O) groups excluding carboxylic acids is 2. The number of aromatic nitrogens is 2. The highest BCUT2D eigenvalue weighted by Gasteiger charge is 2.37. The topological polar surface area (TPSA) is 78.7 Å². The molecule has 176 valence electrons. The standard InChI is InChI=1S/C26H34N4O3/c1-15-20(16-3-4-16)13-21(17-5-6-17)23-24(15)28(2)25(27-23)26(33)29-11-12-30(22(32)14-29)18-7-9-19(31)10-8-18/h13,16-19,31H,3-12,14H2,1-2H3/t18-,19-. The van der Waals surface area contributed by atoms with Gasteiger partial charge in [0.05, 0.1) is 17.1 Å². The lowest BCUT2D eigenvalue weighted by Gasteiger charge is -2.41. The molecule has 4 aliphatic rings. The average molecular weight is 451 g/mol. The molecule has 0 radical (unpaired) electrons. The number of carbonyl (C=O) groups is 2. The van der Waals surface area contributed by atoms with Crippen molar-refractivity contribution in [2.75, 3.05) is 19.6 Å². The van der Waals surface area contributed by atoms with E-state index in [1.807, 2.05) is 16.5 Å². The zero-order chi connectivity index (χ0) is 22.9. The summed E-state index contributed by atoms with van der Waals surface area (Å²) in [5.74, 6) is 1.55. The molecule has 7 heteroatoms. The first-order valence-electron chi connectivity index (χ1n) is 12.7. The molecule has 2 amide bonds. The minimum atomic E-state index is -0.235. The van der Waals surface area contributed by atoms with Gasteiger partial charge in [-0.25, -0.2) is 4.98 Å². The molecule has 3 saturated carbocycles. The summed E-state index contributed by atoms with van der Waals surface area (Å²) in [7, 11) is 1.95. The molecule has 1 aromatic carbocycles. The Morgan fingerprint density at radius 2 is 1.67 bits per heavy atom. The van der Waals surface area contributed by atoms with Crippen molar-refractivity contribution in [2.24, 2.45) is 7.05 Å². The van der Waals surface area contributed by atoms with Crippen LogP contribution in [0.4, 0.5) is 0 Å². The van der Waals surface area contributed by atoms with E-state index < -0.39 is 0 Å². The molecule has 1 N–H and O–H groups in total. The Kier molecular flexibility index (Phi) is 5.02. The number of hydrogen-bond donors (Lipinski definition) is 1. The van der Waals surface area contributed by atoms with Gasteiger partial charge in [-0.1, -0.05) is 6.07 Å². The second kappa shape index (κ2) is 7.83. The molecule has 4 fully saturated rings. The van der Waals surface area contributed by atoms with Crippen molar-refractivity contribution in [3.05, 3.63) is 28.6 Å². The van der Waals surface area contributed by atoms with Gasteiger partial charge in [0.2, 0.25) is 5.91 Å². The van der Waals surface area contributed by atoms with Crippen LogP contribution in [0.1, 0.15) is 90.5 Å². The van der Waals surface area contributed by atoms with Crippen molar-refractivity contribution in [1.29, 1.82) is 0 Å². The summed E-state index contributed by atoms with van der Waals surface area (Å²) in [6.45, 7) is 3.39. The molecule has 6 rings (SSSR count). The molecule has 2 aromatic rings. The Bertz CT molecular complexity index is 1120. The smallest absolute Gasteiger partial charge is 0.290 e. The van der Waals surface area contributed by atoms with Crippen LogP contribution in [0.3, 0.4) is 0 Å². The van der Waals surface area contributed by atoms with E-state index in [0.717, 1.165) is 36.7 Å². The van der Waals surface area contributed by atoms with Crippen LogP contribution < -0.4 is 0 Å². The lowest BCUT2D eigenvalue weighted by molar-refractivity contribution is -0.138. The highest BCUT2D eigenvalue weighted by molar-refractivity contribution is 5.98. The van der Waals surface area contributed by atoms with Crippen LogP contribution in [-0.2, 0) is 11.8 Å². The van der Waals surface area contributed by atoms with E-state index in [0.29, 0.717) is 30.7 Å². The van der Waals surface area contributed by atoms with Crippen molar-refractivity contribution in [3.8, 4) is 0 Å². The number of imidazole rings is 1. The minimum absolute atomic E-state index is 0.0145. The van der Waals surface area contributed by atoms with Crippen LogP contribution >= 0.6 is 0 Å². The number of aryl methyl sites for hydroxylation is 2. The summed E-state index contributed by atoms with van der Waals surface area (Å²) < 4.78 is 1.98. The number of aliphatic hydroxyl groups excluding tert-OH is 1. The SMILES string of the molecule is Cc1c(C2CC2)cc(C2CC2)c2nc(C(=O)N3CCN([C@H]4CC[C@H](O)CC4)C(=O)C3)n(C)c12. The second-order valence-corrected chi connectivity index (χ2v) is 10.7. The number of fused-ring (bicyclic) bond motifs is 1. The van der Waals surface area contributed by atoms with E-state index in [4.69, 9.17) is 4.98 Å². The Labute approximate surface area is 194 Å². The zero-order valence-corrected chi connectivity index (χ0v) is 19.7. The molecule has 1 aromatic heterocycles. The number of benzene rings is 1. The van der Waals surface area contributed by atoms with Gasteiger partial charge in [0.25, 0.3) is 5.91 Å². The minimum Gasteiger partial charge on any atom is -0.393 e. The molecule has 33 heavy (non-hydrogen) atoms. The van der Waals surface area contributed by atoms with Crippen LogP contribution in [-0.4, -0.2) is 68.1 Å². The normalized spacial score (nSPS) is 26.3. The Balaban J connectivity index is 1.27. The molecule has 1 aliphatic heterocycles. The lowest BCUT2D eigenvalue weighted by Crippen LogP contribution is -2.56. The van der Waals surface area contributed by atoms with Crippen LogP contribution in [0.15, 0.2) is 6.07 Å². The number of amides is 2. The van der Waals surface area contributed by atoms with Gasteiger partial charge >= 0.3 is 0 Å². The quantitative estimate of drug-likeness (QED) is 0.776. The highest BCUT2D eigenvalue weighted by Crippen LogP contribution is 2.49. The van der Waals surface area contributed by atoms with E-state index in [-0.39, 0.29) is 30.5 Å². The summed E-state index contributed by atoms with van der Waals surface area (Å²) >= 11 is 0. The van der Waals surface area contributed by atoms with E-state index in [1.165, 1.54) is 42.4 Å². The number of rotatable bonds is 4. The first-order valence-corrected chi connectivity index (χ1v) is 12.7. The largest absolute Gasteiger partial charge is 0.393 e. The molecule has 7 nitrogen and oxygen atoms in total. The van der Waals surface area contributed by atoms with Crippen molar-refractivity contribution in [1.82, 2.24) is 19.4 Å². The molecule has 3 aliphatic carbocycles. The summed E-state index contributed by atoms with van der Waals surface area (Å²) in [4.78, 5) is 35.0. The summed E-state index contributed by atoms with van der Waals surface area (Å²) in [5.41, 5.74) is 6.08. The third kappa shape index (κ3) is 3.65. The van der Waals surface area contributed by atoms with E-state index in [2.05, 4.69) is 13.0 Å². The summed E-state index contributed by atoms with van der Waals surface area (Å²) in [6.07, 6.45) is 7.88. The number of nitrogens with zero attached hydrogens (tertiary/aromatic N) is 4. The molecular formula is C26H34N4O3. The number of aliphatic hydroxyl groups is 1. The fourth-order valence-electron chi connectivity index (χ4n) is 6.08. The highest BCUT2D eigenvalue weighted by atomic mass is 16.3. The first-order chi connectivity index (χ1) is 15.9. The van der Waals surface area contributed by atoms with Crippen molar-refractivity contribution in [3.63, 3.8) is 0 Å². The second-order valence-electron chi connectivity index (χ2n) is 10.7. The van der Waals surface area contributed by atoms with Crippen molar-refractivity contribution < 1.29 is 14.7 Å². The fourth-order valence-corrected chi connectivity index (χ4v) is 6.08. The summed E-state index contributed by atoms with van der Waals surface area (Å²) in [5, 5.41) is 9.78. The predicted octanol–water partition coefficient (Wildman–Crippen LogP) is 3.22. The predicted molar refractivity (Wildman–Crippen MR) is 125 cm³/mol. The van der Waals surface area contributed by atoms with E-state index in [1.54, 1.807) is 4.90 Å². The van der Waals surface area contributed by atoms with Crippen LogP contribution in [0.5, 0.6) is 0 Å². The van der Waals surface area contributed by atoms with Gasteiger partial charge in [-0.15, -0.1) is 0 Å². The molecule has 0 bridgehead atoms. The lowest BCUT2D eigenvalue weighted by atomic mass is 9.91. The number of hydrogen-bond acceptors (Lipinski definition) is 4. The van der Waals surface area contributed by atoms with E-state index >= 15 is 0 Å². The third-order valence-electron chi connectivity index (χ3n) is 8.34. The van der Waals surface area contributed by atoms with E-state index in [9.17, 15) is 14.7 Å². The van der Waals surface area contributed by atoms with Gasteiger partial charge in [0.1, 0.15) is 6.54 Å². The number of piperazine rings is 1. The molecule has 2 heterocycles. The maximum atomic E-state index is 13.5. The van der Waals surface area contributed by atoms with Crippen LogP contribution in [0, 0.1) is 6.92 Å². The molecule has 0 unspecified atom stereocenters. The van der Waals surface area contributed by atoms with Gasteiger partial charge < -0.3 is 19.5 Å². The summed E-state index contributed by atoms with van der Waals surface area (Å²) in [6, 6.07) is 2.57. The molecule has 1 saturated heterocycles. The first kappa shape index (κ1) is 21.1. The van der Waals surface area contributed by atoms with Crippen molar-refractivity contribution >= 4 is 22.8 Å². The maximum absolute atomic E-state index is 13.5. The Morgan fingerprint density at radius 1 is 1.00 bits per heavy atom. The third-order valence-corrected chi connectivity index (χ3v) is 8.34. The maximum Gasteiger partial charge on any atom is 0.290 e. The van der Waals surface area contributed by atoms with Gasteiger partial charge in [-0.2, -0.15) is 0 Å². The van der Waals surface area contributed by atoms with Gasteiger partial charge in [-0.3, -0.25) is 9.59 Å². The molecule has 0 atom stereocenters. The van der Waals surface area contributed by atoms with Gasteiger partial charge in [0, 0.05) is 26.2 Å². The zero-order valence-electron chi connectivity index (χ0n) is 19.7. The Hall–Kier alpha value is -2.41. The van der Waals surface area contributed by atoms with Gasteiger partial charge in [-0.05, 0) is 86.8 Å². The van der Waals surface area contributed by atoms with Gasteiger partial charge in [0.15, 0.2) is 5.82 Å². The van der Waals surface area contributed by atoms with Crippen LogP contribution in [0.25, 0.3) is 11.0 Å². The Morgan fingerprint density at radius 3 is 2.30 bits per heavy atom. The van der Waals surface area contributed by atoms with Crippen LogP contribution in [0.2, 0.25) is 0 Å². The molecular weight excluding hydrogens is 416 g/mol. The molecule has 0 spiro atoms. The van der Waals surface area contributed by atoms with Crippen molar-refractivity contribution in [2.45, 2.75) is 82.3 Å².